The summed E-state index contributed by atoms with van der Waals surface area (Å²) in [6.45, 7) is 0.0393. The highest BCUT2D eigenvalue weighted by Gasteiger charge is 2.22. The van der Waals surface area contributed by atoms with Gasteiger partial charge in [0, 0.05) is 21.9 Å². The van der Waals surface area contributed by atoms with Crippen molar-refractivity contribution in [3.63, 3.8) is 0 Å². The zero-order valence-electron chi connectivity index (χ0n) is 13.8. The Bertz CT molecular complexity index is 1090. The summed E-state index contributed by atoms with van der Waals surface area (Å²) in [5.41, 5.74) is 3.32. The van der Waals surface area contributed by atoms with E-state index in [-0.39, 0.29) is 12.5 Å². The maximum absolute atomic E-state index is 11.6. The maximum Gasteiger partial charge on any atom is 0.262 e. The third-order valence-electron chi connectivity index (χ3n) is 4.22. The Morgan fingerprint density at radius 1 is 1.11 bits per heavy atom. The van der Waals surface area contributed by atoms with Gasteiger partial charge in [-0.25, -0.2) is 0 Å². The van der Waals surface area contributed by atoms with E-state index < -0.39 is 0 Å². The summed E-state index contributed by atoms with van der Waals surface area (Å²) in [5.74, 6) is 1.81. The molecule has 1 amide bonds. The highest BCUT2D eigenvalue weighted by atomic mass is 35.5. The molecule has 0 fully saturated rings. The Hall–Kier alpha value is -2.84. The van der Waals surface area contributed by atoms with Gasteiger partial charge in [-0.1, -0.05) is 23.4 Å². The fourth-order valence-corrected chi connectivity index (χ4v) is 3.88. The molecule has 2 aromatic carbocycles. The number of benzene rings is 2. The molecule has 1 N–H and O–H groups in total. The first kappa shape index (κ1) is 16.3. The number of fused-ring (bicyclic) bond motifs is 2. The average Bonchev–Trinajstić information content (AvgIpc) is 3.11. The molecule has 7 nitrogen and oxygen atoms in total. The molecule has 0 spiro atoms. The number of ether oxygens (including phenoxy) is 1. The van der Waals surface area contributed by atoms with E-state index in [4.69, 9.17) is 21.4 Å². The van der Waals surface area contributed by atoms with E-state index >= 15 is 0 Å². The Labute approximate surface area is 163 Å². The Morgan fingerprint density at radius 2 is 1.93 bits per heavy atom. The van der Waals surface area contributed by atoms with Crippen molar-refractivity contribution in [1.29, 1.82) is 0 Å². The van der Waals surface area contributed by atoms with Crippen LogP contribution < -0.4 is 10.1 Å². The summed E-state index contributed by atoms with van der Waals surface area (Å²) in [6, 6.07) is 13.1. The molecule has 3 aromatic rings. The third-order valence-corrected chi connectivity index (χ3v) is 5.40. The number of thioether (sulfide) groups is 1. The van der Waals surface area contributed by atoms with Crippen LogP contribution in [0.1, 0.15) is 5.56 Å². The van der Waals surface area contributed by atoms with Crippen LogP contribution >= 0.6 is 23.4 Å². The molecule has 134 valence electrons. The van der Waals surface area contributed by atoms with Crippen molar-refractivity contribution in [3.8, 4) is 17.1 Å². The molecule has 2 aliphatic rings. The van der Waals surface area contributed by atoms with Gasteiger partial charge in [0.15, 0.2) is 12.4 Å². The fraction of sp³-hybridized carbons (Fsp3) is 0.111. The van der Waals surface area contributed by atoms with Gasteiger partial charge in [-0.2, -0.15) is 9.78 Å². The van der Waals surface area contributed by atoms with E-state index in [1.54, 1.807) is 16.4 Å². The second-order valence-corrected chi connectivity index (χ2v) is 7.39. The first-order valence-electron chi connectivity index (χ1n) is 8.16. The van der Waals surface area contributed by atoms with Gasteiger partial charge in [0.05, 0.1) is 11.4 Å². The fourth-order valence-electron chi connectivity index (χ4n) is 2.91. The van der Waals surface area contributed by atoms with E-state index in [2.05, 4.69) is 15.5 Å². The van der Waals surface area contributed by atoms with Gasteiger partial charge >= 0.3 is 0 Å². The molecule has 0 aliphatic carbocycles. The first-order chi connectivity index (χ1) is 13.2. The highest BCUT2D eigenvalue weighted by molar-refractivity contribution is 7.99. The lowest BCUT2D eigenvalue weighted by atomic mass is 10.1. The zero-order chi connectivity index (χ0) is 18.4. The molecule has 0 saturated heterocycles. The number of hydrogen-bond acceptors (Lipinski definition) is 6. The van der Waals surface area contributed by atoms with Crippen LogP contribution in [0.15, 0.2) is 52.7 Å². The second kappa shape index (κ2) is 6.40. The van der Waals surface area contributed by atoms with Crippen molar-refractivity contribution >= 4 is 40.7 Å². The predicted octanol–water partition coefficient (Wildman–Crippen LogP) is 3.29. The number of carbonyl (C=O) groups excluding carboxylic acids is 1. The summed E-state index contributed by atoms with van der Waals surface area (Å²) in [4.78, 5) is 11.6. The number of halogens is 1. The van der Waals surface area contributed by atoms with Crippen molar-refractivity contribution in [2.75, 3.05) is 17.7 Å². The molecule has 0 radical (unpaired) electrons. The van der Waals surface area contributed by atoms with Gasteiger partial charge < -0.3 is 10.1 Å². The number of aromatic nitrogens is 3. The first-order valence-corrected chi connectivity index (χ1v) is 9.53. The molecular weight excluding hydrogens is 386 g/mol. The molecular formula is C18H12ClN5O2S. The monoisotopic (exact) mass is 397 g/mol. The Kier molecular flexibility index (Phi) is 3.87. The van der Waals surface area contributed by atoms with Crippen LogP contribution in [-0.4, -0.2) is 38.9 Å². The van der Waals surface area contributed by atoms with Crippen molar-refractivity contribution in [2.45, 2.75) is 5.16 Å². The lowest BCUT2D eigenvalue weighted by Gasteiger charge is -2.19. The van der Waals surface area contributed by atoms with E-state index in [0.29, 0.717) is 28.0 Å². The standard InChI is InChI=1S/C18H12ClN5O2S/c19-12-4-1-10(2-5-12)17-21-22-18-24(17)23-14(9-27-18)11-3-6-15-13(7-11)20-16(25)8-26-15/h1-7H,8-9H2,(H,20,25). The van der Waals surface area contributed by atoms with Crippen molar-refractivity contribution < 1.29 is 9.53 Å². The molecule has 0 saturated carbocycles. The van der Waals surface area contributed by atoms with Gasteiger partial charge in [-0.05, 0) is 42.5 Å². The second-order valence-electron chi connectivity index (χ2n) is 6.01. The summed E-state index contributed by atoms with van der Waals surface area (Å²) in [7, 11) is 0. The number of hydrogen-bond donors (Lipinski definition) is 1. The molecule has 0 unspecified atom stereocenters. The summed E-state index contributed by atoms with van der Waals surface area (Å²) < 4.78 is 7.15. The van der Waals surface area contributed by atoms with Crippen molar-refractivity contribution in [1.82, 2.24) is 14.9 Å². The predicted molar refractivity (Wildman–Crippen MR) is 104 cm³/mol. The lowest BCUT2D eigenvalue weighted by molar-refractivity contribution is -0.118. The maximum atomic E-state index is 11.6. The topological polar surface area (TPSA) is 81.4 Å². The number of carbonyl (C=O) groups is 1. The minimum Gasteiger partial charge on any atom is -0.482 e. The molecule has 9 heteroatoms. The van der Waals surface area contributed by atoms with Gasteiger partial charge in [-0.3, -0.25) is 4.79 Å². The largest absolute Gasteiger partial charge is 0.482 e. The van der Waals surface area contributed by atoms with Crippen LogP contribution in [0.4, 0.5) is 5.69 Å². The third kappa shape index (κ3) is 2.96. The number of rotatable bonds is 2. The number of nitrogens with zero attached hydrogens (tertiary/aromatic N) is 4. The van der Waals surface area contributed by atoms with E-state index in [0.717, 1.165) is 22.0 Å². The molecule has 0 bridgehead atoms. The smallest absolute Gasteiger partial charge is 0.262 e. The van der Waals surface area contributed by atoms with Crippen LogP contribution in [0.5, 0.6) is 5.75 Å². The average molecular weight is 398 g/mol. The van der Waals surface area contributed by atoms with E-state index in [1.807, 2.05) is 42.5 Å². The van der Waals surface area contributed by atoms with Crippen LogP contribution in [0.2, 0.25) is 5.02 Å². The van der Waals surface area contributed by atoms with Gasteiger partial charge in [-0.15, -0.1) is 10.2 Å². The lowest BCUT2D eigenvalue weighted by Crippen LogP contribution is -2.25. The minimum atomic E-state index is -0.161. The van der Waals surface area contributed by atoms with E-state index in [1.165, 1.54) is 0 Å². The summed E-state index contributed by atoms with van der Waals surface area (Å²) in [6.07, 6.45) is 0. The summed E-state index contributed by atoms with van der Waals surface area (Å²) in [5, 5.41) is 17.5. The molecule has 2 aliphatic heterocycles. The summed E-state index contributed by atoms with van der Waals surface area (Å²) >= 11 is 7.54. The quantitative estimate of drug-likeness (QED) is 0.717. The minimum absolute atomic E-state index is 0.0393. The van der Waals surface area contributed by atoms with Crippen LogP contribution in [0, 0.1) is 0 Å². The van der Waals surface area contributed by atoms with Crippen LogP contribution in [-0.2, 0) is 4.79 Å². The number of anilines is 1. The van der Waals surface area contributed by atoms with Crippen LogP contribution in [0.3, 0.4) is 0 Å². The molecule has 5 rings (SSSR count). The number of nitrogens with one attached hydrogen (secondary N) is 1. The van der Waals surface area contributed by atoms with Gasteiger partial charge in [0.25, 0.3) is 5.91 Å². The number of amides is 1. The van der Waals surface area contributed by atoms with E-state index in [9.17, 15) is 4.79 Å². The molecule has 1 aromatic heterocycles. The SMILES string of the molecule is O=C1COc2ccc(C3=Nn4c(nnc4-c4ccc(Cl)cc4)SC3)cc2N1. The van der Waals surface area contributed by atoms with Crippen molar-refractivity contribution in [2.24, 2.45) is 5.10 Å². The van der Waals surface area contributed by atoms with Crippen LogP contribution in [0.25, 0.3) is 11.4 Å². The van der Waals surface area contributed by atoms with Gasteiger partial charge in [0.2, 0.25) is 5.16 Å². The normalized spacial score (nSPS) is 15.3. The highest BCUT2D eigenvalue weighted by Crippen LogP contribution is 2.32. The Balaban J connectivity index is 1.55. The molecule has 27 heavy (non-hydrogen) atoms. The molecule has 0 atom stereocenters. The molecule has 3 heterocycles. The Morgan fingerprint density at radius 3 is 2.78 bits per heavy atom. The zero-order valence-corrected chi connectivity index (χ0v) is 15.4. The van der Waals surface area contributed by atoms with Crippen molar-refractivity contribution in [3.05, 3.63) is 53.1 Å². The van der Waals surface area contributed by atoms with Gasteiger partial charge in [0.1, 0.15) is 5.75 Å².